The largest absolute Gasteiger partial charge is 0.434 e. The number of hydrogen-bond acceptors (Lipinski definition) is 4. The molecule has 134 valence electrons. The topological polar surface area (TPSA) is 51.5 Å². The van der Waals surface area contributed by atoms with Crippen molar-refractivity contribution in [2.75, 3.05) is 5.32 Å². The van der Waals surface area contributed by atoms with Crippen molar-refractivity contribution in [3.05, 3.63) is 52.4 Å². The van der Waals surface area contributed by atoms with E-state index in [0.717, 1.165) is 16.8 Å². The van der Waals surface area contributed by atoms with Crippen LogP contribution in [0.4, 0.5) is 14.5 Å². The third kappa shape index (κ3) is 2.53. The molecule has 0 unspecified atom stereocenters. The number of allylic oxidation sites excluding steroid dienone is 1. The van der Waals surface area contributed by atoms with Crippen LogP contribution in [0, 0.1) is 0 Å². The van der Waals surface area contributed by atoms with Gasteiger partial charge in [-0.1, -0.05) is 18.2 Å². The molecule has 0 radical (unpaired) electrons. The molecule has 0 saturated heterocycles. The number of nitrogens with one attached hydrogen (secondary N) is 1. The van der Waals surface area contributed by atoms with Crippen LogP contribution in [0.5, 0.6) is 5.75 Å². The summed E-state index contributed by atoms with van der Waals surface area (Å²) in [6, 6.07) is 8.12. The van der Waals surface area contributed by atoms with Gasteiger partial charge >= 0.3 is 12.2 Å². The lowest BCUT2D eigenvalue weighted by Crippen LogP contribution is -2.31. The number of hydrogen-bond donors (Lipinski definition) is 1. The minimum atomic E-state index is -2.97. The lowest BCUT2D eigenvalue weighted by Gasteiger charge is -2.32. The molecule has 4 rings (SSSR count). The molecule has 26 heavy (non-hydrogen) atoms. The maximum atomic E-state index is 12.8. The first-order valence-corrected chi connectivity index (χ1v) is 8.22. The second-order valence-electron chi connectivity index (χ2n) is 6.98. The van der Waals surface area contributed by atoms with Gasteiger partial charge < -0.3 is 14.5 Å². The van der Waals surface area contributed by atoms with E-state index in [1.54, 1.807) is 12.1 Å². The first-order chi connectivity index (χ1) is 12.3. The highest BCUT2D eigenvalue weighted by Gasteiger charge is 2.26. The molecule has 2 heterocycles. The Morgan fingerprint density at radius 3 is 2.65 bits per heavy atom. The number of alkyl halides is 2. The molecule has 0 amide bonds. The molecule has 0 bridgehead atoms. The second kappa shape index (κ2) is 5.56. The van der Waals surface area contributed by atoms with Gasteiger partial charge in [-0.2, -0.15) is 8.78 Å². The Balaban J connectivity index is 2.14. The number of benzene rings is 2. The summed E-state index contributed by atoms with van der Waals surface area (Å²) in [6.07, 6.45) is 2.03. The van der Waals surface area contributed by atoms with Crippen LogP contribution in [0.15, 0.2) is 45.6 Å². The maximum absolute atomic E-state index is 12.8. The van der Waals surface area contributed by atoms with Gasteiger partial charge in [-0.05, 0) is 44.5 Å². The standard InChI is InChI=1S/C20H17F2NO3/c1-10-9-20(2,3)23-12-8-7-11-16-13(25-18(24)17(11)15(10)12)5-4-6-14(16)26-19(21)22/h4-9,19,23H,1-3H3. The van der Waals surface area contributed by atoms with Gasteiger partial charge in [-0.25, -0.2) is 4.79 Å². The predicted molar refractivity (Wildman–Crippen MR) is 98.0 cm³/mol. The second-order valence-corrected chi connectivity index (χ2v) is 6.98. The summed E-state index contributed by atoms with van der Waals surface area (Å²) in [5.41, 5.74) is 1.91. The van der Waals surface area contributed by atoms with E-state index < -0.39 is 12.2 Å². The third-order valence-electron chi connectivity index (χ3n) is 4.51. The first kappa shape index (κ1) is 16.6. The lowest BCUT2D eigenvalue weighted by atomic mass is 9.88. The van der Waals surface area contributed by atoms with Gasteiger partial charge in [-0.3, -0.25) is 0 Å². The van der Waals surface area contributed by atoms with Gasteiger partial charge in [0.15, 0.2) is 0 Å². The highest BCUT2D eigenvalue weighted by atomic mass is 19.3. The number of halogens is 2. The summed E-state index contributed by atoms with van der Waals surface area (Å²) in [4.78, 5) is 12.7. The zero-order valence-corrected chi connectivity index (χ0v) is 14.5. The average Bonchev–Trinajstić information content (AvgIpc) is 2.52. The average molecular weight is 357 g/mol. The zero-order valence-electron chi connectivity index (χ0n) is 14.5. The van der Waals surface area contributed by atoms with Crippen molar-refractivity contribution in [1.82, 2.24) is 0 Å². The SMILES string of the molecule is CC1=CC(C)(C)Nc2ccc3c(c21)c(=O)oc1cccc(OC(F)F)c13. The minimum Gasteiger partial charge on any atom is -0.434 e. The molecule has 1 aromatic heterocycles. The summed E-state index contributed by atoms with van der Waals surface area (Å²) >= 11 is 0. The van der Waals surface area contributed by atoms with Crippen molar-refractivity contribution < 1.29 is 17.9 Å². The molecule has 1 aliphatic rings. The van der Waals surface area contributed by atoms with Crippen LogP contribution in [0.25, 0.3) is 27.3 Å². The summed E-state index contributed by atoms with van der Waals surface area (Å²) < 4.78 is 35.7. The highest BCUT2D eigenvalue weighted by molar-refractivity contribution is 6.12. The van der Waals surface area contributed by atoms with E-state index in [-0.39, 0.29) is 16.9 Å². The van der Waals surface area contributed by atoms with Crippen molar-refractivity contribution >= 4 is 33.0 Å². The zero-order chi connectivity index (χ0) is 18.6. The van der Waals surface area contributed by atoms with Crippen LogP contribution in [0.1, 0.15) is 26.3 Å². The fourth-order valence-corrected chi connectivity index (χ4v) is 3.74. The molecule has 1 N–H and O–H groups in total. The van der Waals surface area contributed by atoms with Crippen LogP contribution >= 0.6 is 0 Å². The summed E-state index contributed by atoms with van der Waals surface area (Å²) in [5.74, 6) is -0.0167. The van der Waals surface area contributed by atoms with Crippen LogP contribution in [0.3, 0.4) is 0 Å². The van der Waals surface area contributed by atoms with Gasteiger partial charge in [0, 0.05) is 16.6 Å². The number of anilines is 1. The van der Waals surface area contributed by atoms with Gasteiger partial charge in [0.25, 0.3) is 0 Å². The molecule has 0 spiro atoms. The highest BCUT2D eigenvalue weighted by Crippen LogP contribution is 2.40. The fourth-order valence-electron chi connectivity index (χ4n) is 3.74. The third-order valence-corrected chi connectivity index (χ3v) is 4.51. The van der Waals surface area contributed by atoms with E-state index >= 15 is 0 Å². The van der Waals surface area contributed by atoms with Gasteiger partial charge in [-0.15, -0.1) is 0 Å². The Kier molecular flexibility index (Phi) is 3.54. The van der Waals surface area contributed by atoms with E-state index in [0.29, 0.717) is 16.2 Å². The summed E-state index contributed by atoms with van der Waals surface area (Å²) in [5, 5.41) is 4.62. The fraction of sp³-hybridized carbons (Fsp3) is 0.250. The molecule has 0 aliphatic carbocycles. The molecule has 0 saturated carbocycles. The molecular weight excluding hydrogens is 340 g/mol. The van der Waals surface area contributed by atoms with Crippen molar-refractivity contribution in [2.45, 2.75) is 32.9 Å². The Labute approximate surface area is 148 Å². The van der Waals surface area contributed by atoms with Crippen LogP contribution in [0.2, 0.25) is 0 Å². The molecule has 6 heteroatoms. The number of rotatable bonds is 2. The van der Waals surface area contributed by atoms with Crippen molar-refractivity contribution in [1.29, 1.82) is 0 Å². The summed E-state index contributed by atoms with van der Waals surface area (Å²) in [6.45, 7) is 3.01. The molecule has 0 fully saturated rings. The monoisotopic (exact) mass is 357 g/mol. The Morgan fingerprint density at radius 2 is 1.92 bits per heavy atom. The van der Waals surface area contributed by atoms with E-state index in [2.05, 4.69) is 10.1 Å². The number of ether oxygens (including phenoxy) is 1. The van der Waals surface area contributed by atoms with Crippen molar-refractivity contribution in [2.24, 2.45) is 0 Å². The van der Waals surface area contributed by atoms with Crippen molar-refractivity contribution in [3.8, 4) is 5.75 Å². The Morgan fingerprint density at radius 1 is 1.15 bits per heavy atom. The number of fused-ring (bicyclic) bond motifs is 5. The molecule has 2 aromatic carbocycles. The maximum Gasteiger partial charge on any atom is 0.387 e. The lowest BCUT2D eigenvalue weighted by molar-refractivity contribution is -0.0487. The predicted octanol–water partition coefficient (Wildman–Crippen LogP) is 5.16. The Bertz CT molecular complexity index is 1130. The van der Waals surface area contributed by atoms with Gasteiger partial charge in [0.1, 0.15) is 11.3 Å². The van der Waals surface area contributed by atoms with Crippen molar-refractivity contribution in [3.63, 3.8) is 0 Å². The molecule has 1 aliphatic heterocycles. The van der Waals surface area contributed by atoms with E-state index in [9.17, 15) is 13.6 Å². The van der Waals surface area contributed by atoms with E-state index in [4.69, 9.17) is 4.42 Å². The van der Waals surface area contributed by atoms with Crippen LogP contribution in [-0.2, 0) is 0 Å². The Hall–Kier alpha value is -2.89. The normalized spacial score (nSPS) is 15.7. The van der Waals surface area contributed by atoms with Gasteiger partial charge in [0.05, 0.1) is 16.3 Å². The quantitative estimate of drug-likeness (QED) is 0.509. The molecular formula is C20H17F2NO3. The molecule has 4 nitrogen and oxygen atoms in total. The van der Waals surface area contributed by atoms with Crippen LogP contribution < -0.4 is 15.7 Å². The van der Waals surface area contributed by atoms with Gasteiger partial charge in [0.2, 0.25) is 0 Å². The molecule has 0 atom stereocenters. The smallest absolute Gasteiger partial charge is 0.387 e. The van der Waals surface area contributed by atoms with Crippen LogP contribution in [-0.4, -0.2) is 12.2 Å². The molecule has 3 aromatic rings. The minimum absolute atomic E-state index is 0.0167. The first-order valence-electron chi connectivity index (χ1n) is 8.22. The van der Waals surface area contributed by atoms with E-state index in [1.807, 2.05) is 32.9 Å². The van der Waals surface area contributed by atoms with E-state index in [1.165, 1.54) is 12.1 Å². The summed E-state index contributed by atoms with van der Waals surface area (Å²) in [7, 11) is 0.